The van der Waals surface area contributed by atoms with Crippen LogP contribution in [0.25, 0.3) is 0 Å². The van der Waals surface area contributed by atoms with Crippen LogP contribution >= 0.6 is 0 Å². The summed E-state index contributed by atoms with van der Waals surface area (Å²) >= 11 is 0. The Morgan fingerprint density at radius 2 is 1.85 bits per heavy atom. The van der Waals surface area contributed by atoms with Crippen molar-refractivity contribution in [3.8, 4) is 0 Å². The lowest BCUT2D eigenvalue weighted by Gasteiger charge is -2.19. The van der Waals surface area contributed by atoms with Gasteiger partial charge in [0, 0.05) is 11.3 Å². The predicted molar refractivity (Wildman–Crippen MR) is 99.9 cm³/mol. The van der Waals surface area contributed by atoms with Gasteiger partial charge in [-0.3, -0.25) is 14.5 Å². The van der Waals surface area contributed by atoms with E-state index in [9.17, 15) is 9.59 Å². The SMILES string of the molecule is O=C(CN1CCCCCC1)Nc1cccc(C(=O)NCc2ccco2)c1. The van der Waals surface area contributed by atoms with Gasteiger partial charge in [-0.2, -0.15) is 0 Å². The van der Waals surface area contributed by atoms with Crippen molar-refractivity contribution in [2.45, 2.75) is 32.2 Å². The standard InChI is InChI=1S/C20H25N3O3/c24-19(15-23-10-3-1-2-4-11-23)22-17-8-5-7-16(13-17)20(25)21-14-18-9-6-12-26-18/h5-9,12-13H,1-4,10-11,14-15H2,(H,21,25)(H,22,24). The van der Waals surface area contributed by atoms with Crippen molar-refractivity contribution in [3.63, 3.8) is 0 Å². The summed E-state index contributed by atoms with van der Waals surface area (Å²) in [6.07, 6.45) is 6.36. The summed E-state index contributed by atoms with van der Waals surface area (Å²) in [4.78, 5) is 26.7. The molecule has 0 aliphatic carbocycles. The molecule has 2 aromatic rings. The molecule has 1 fully saturated rings. The minimum atomic E-state index is -0.204. The number of likely N-dealkylation sites (tertiary alicyclic amines) is 1. The van der Waals surface area contributed by atoms with Crippen LogP contribution in [0.2, 0.25) is 0 Å². The summed E-state index contributed by atoms with van der Waals surface area (Å²) in [7, 11) is 0. The Labute approximate surface area is 153 Å². The number of benzene rings is 1. The maximum absolute atomic E-state index is 12.3. The first kappa shape index (κ1) is 18.2. The molecule has 138 valence electrons. The zero-order chi connectivity index (χ0) is 18.2. The molecule has 0 atom stereocenters. The largest absolute Gasteiger partial charge is 0.467 e. The average molecular weight is 355 g/mol. The quantitative estimate of drug-likeness (QED) is 0.835. The van der Waals surface area contributed by atoms with Crippen LogP contribution in [0, 0.1) is 0 Å². The van der Waals surface area contributed by atoms with Gasteiger partial charge in [0.2, 0.25) is 5.91 Å². The lowest BCUT2D eigenvalue weighted by atomic mass is 10.2. The summed E-state index contributed by atoms with van der Waals surface area (Å²) in [6.45, 7) is 2.68. The molecule has 1 aromatic carbocycles. The van der Waals surface area contributed by atoms with Crippen molar-refractivity contribution in [3.05, 3.63) is 54.0 Å². The van der Waals surface area contributed by atoms with Crippen LogP contribution in [0.15, 0.2) is 47.1 Å². The second kappa shape index (κ2) is 9.20. The van der Waals surface area contributed by atoms with E-state index >= 15 is 0 Å². The Morgan fingerprint density at radius 3 is 2.58 bits per heavy atom. The Hall–Kier alpha value is -2.60. The number of nitrogens with zero attached hydrogens (tertiary/aromatic N) is 1. The third kappa shape index (κ3) is 5.46. The van der Waals surface area contributed by atoms with Gasteiger partial charge in [-0.15, -0.1) is 0 Å². The van der Waals surface area contributed by atoms with Crippen molar-refractivity contribution in [2.24, 2.45) is 0 Å². The smallest absolute Gasteiger partial charge is 0.251 e. The number of amides is 2. The van der Waals surface area contributed by atoms with Crippen LogP contribution in [0.3, 0.4) is 0 Å². The van der Waals surface area contributed by atoms with E-state index in [1.165, 1.54) is 12.8 Å². The topological polar surface area (TPSA) is 74.6 Å². The molecule has 1 saturated heterocycles. The highest BCUT2D eigenvalue weighted by Crippen LogP contribution is 2.13. The molecule has 6 nitrogen and oxygen atoms in total. The molecule has 2 amide bonds. The Bertz CT molecular complexity index is 720. The van der Waals surface area contributed by atoms with Gasteiger partial charge in [-0.05, 0) is 56.3 Å². The molecule has 0 radical (unpaired) electrons. The van der Waals surface area contributed by atoms with Crippen molar-refractivity contribution >= 4 is 17.5 Å². The normalized spacial score (nSPS) is 15.2. The summed E-state index contributed by atoms with van der Waals surface area (Å²) < 4.78 is 5.20. The van der Waals surface area contributed by atoms with Crippen LogP contribution in [-0.4, -0.2) is 36.3 Å². The van der Waals surface area contributed by atoms with E-state index in [0.717, 1.165) is 25.9 Å². The summed E-state index contributed by atoms with van der Waals surface area (Å²) in [5.41, 5.74) is 1.14. The van der Waals surface area contributed by atoms with E-state index in [0.29, 0.717) is 30.1 Å². The first-order valence-corrected chi connectivity index (χ1v) is 9.13. The minimum Gasteiger partial charge on any atom is -0.467 e. The molecule has 0 saturated carbocycles. The Morgan fingerprint density at radius 1 is 1.04 bits per heavy atom. The number of nitrogens with one attached hydrogen (secondary N) is 2. The molecule has 1 aromatic heterocycles. The van der Waals surface area contributed by atoms with Gasteiger partial charge in [0.25, 0.3) is 5.91 Å². The van der Waals surface area contributed by atoms with Crippen molar-refractivity contribution < 1.29 is 14.0 Å². The number of hydrogen-bond donors (Lipinski definition) is 2. The van der Waals surface area contributed by atoms with Crippen LogP contribution in [0.5, 0.6) is 0 Å². The molecule has 26 heavy (non-hydrogen) atoms. The lowest BCUT2D eigenvalue weighted by molar-refractivity contribution is -0.117. The van der Waals surface area contributed by atoms with E-state index < -0.39 is 0 Å². The highest BCUT2D eigenvalue weighted by Gasteiger charge is 2.14. The first-order valence-electron chi connectivity index (χ1n) is 9.13. The Balaban J connectivity index is 1.52. The average Bonchev–Trinajstić information content (AvgIpc) is 3.03. The van der Waals surface area contributed by atoms with Crippen LogP contribution in [-0.2, 0) is 11.3 Å². The van der Waals surface area contributed by atoms with Crippen LogP contribution < -0.4 is 10.6 Å². The minimum absolute atomic E-state index is 0.0416. The molecule has 0 spiro atoms. The highest BCUT2D eigenvalue weighted by atomic mass is 16.3. The summed E-state index contributed by atoms with van der Waals surface area (Å²) in [5, 5.41) is 5.70. The van der Waals surface area contributed by atoms with Crippen molar-refractivity contribution in [1.29, 1.82) is 0 Å². The van der Waals surface area contributed by atoms with Crippen molar-refractivity contribution in [2.75, 3.05) is 25.0 Å². The third-order valence-corrected chi connectivity index (χ3v) is 4.48. The molecular weight excluding hydrogens is 330 g/mol. The monoisotopic (exact) mass is 355 g/mol. The molecule has 0 bridgehead atoms. The molecule has 3 rings (SSSR count). The molecule has 1 aliphatic rings. The fraction of sp³-hybridized carbons (Fsp3) is 0.400. The maximum Gasteiger partial charge on any atom is 0.251 e. The van der Waals surface area contributed by atoms with E-state index in [4.69, 9.17) is 4.42 Å². The second-order valence-corrected chi connectivity index (χ2v) is 6.58. The molecule has 2 N–H and O–H groups in total. The second-order valence-electron chi connectivity index (χ2n) is 6.58. The summed E-state index contributed by atoms with van der Waals surface area (Å²) in [6, 6.07) is 10.6. The van der Waals surface area contributed by atoms with E-state index in [1.54, 1.807) is 42.7 Å². The number of carbonyl (C=O) groups is 2. The van der Waals surface area contributed by atoms with Crippen LogP contribution in [0.4, 0.5) is 5.69 Å². The Kier molecular flexibility index (Phi) is 6.44. The lowest BCUT2D eigenvalue weighted by Crippen LogP contribution is -2.34. The zero-order valence-electron chi connectivity index (χ0n) is 14.9. The van der Waals surface area contributed by atoms with E-state index in [-0.39, 0.29) is 11.8 Å². The van der Waals surface area contributed by atoms with Gasteiger partial charge in [-0.1, -0.05) is 18.9 Å². The fourth-order valence-electron chi connectivity index (χ4n) is 3.12. The fourth-order valence-corrected chi connectivity index (χ4v) is 3.12. The molecular formula is C20H25N3O3. The van der Waals surface area contributed by atoms with Gasteiger partial charge >= 0.3 is 0 Å². The van der Waals surface area contributed by atoms with E-state index in [2.05, 4.69) is 15.5 Å². The third-order valence-electron chi connectivity index (χ3n) is 4.48. The van der Waals surface area contributed by atoms with Gasteiger partial charge in [0.15, 0.2) is 0 Å². The van der Waals surface area contributed by atoms with Crippen LogP contribution in [0.1, 0.15) is 41.8 Å². The number of rotatable bonds is 6. The maximum atomic E-state index is 12.3. The number of furan rings is 1. The zero-order valence-corrected chi connectivity index (χ0v) is 14.9. The summed E-state index contributed by atoms with van der Waals surface area (Å²) in [5.74, 6) is 0.449. The number of anilines is 1. The molecule has 6 heteroatoms. The van der Waals surface area contributed by atoms with Gasteiger partial charge in [0.05, 0.1) is 19.4 Å². The molecule has 1 aliphatic heterocycles. The number of carbonyl (C=O) groups excluding carboxylic acids is 2. The van der Waals surface area contributed by atoms with Gasteiger partial charge in [-0.25, -0.2) is 0 Å². The molecule has 0 unspecified atom stereocenters. The number of hydrogen-bond acceptors (Lipinski definition) is 4. The highest BCUT2D eigenvalue weighted by molar-refractivity contribution is 5.97. The van der Waals surface area contributed by atoms with Crippen molar-refractivity contribution in [1.82, 2.24) is 10.2 Å². The van der Waals surface area contributed by atoms with E-state index in [1.807, 2.05) is 0 Å². The van der Waals surface area contributed by atoms with Gasteiger partial charge < -0.3 is 15.1 Å². The van der Waals surface area contributed by atoms with Gasteiger partial charge in [0.1, 0.15) is 5.76 Å². The predicted octanol–water partition coefficient (Wildman–Crippen LogP) is 3.02. The first-order chi connectivity index (χ1) is 12.7. The molecule has 2 heterocycles.